The van der Waals surface area contributed by atoms with Gasteiger partial charge in [-0.3, -0.25) is 4.79 Å². The van der Waals surface area contributed by atoms with E-state index in [2.05, 4.69) is 10.6 Å². The average Bonchev–Trinajstić information content (AvgIpc) is 2.90. The molecule has 0 saturated heterocycles. The van der Waals surface area contributed by atoms with Crippen LogP contribution < -0.4 is 22.1 Å². The van der Waals surface area contributed by atoms with Crippen LogP contribution in [-0.2, 0) is 24.2 Å². The molecule has 0 aliphatic heterocycles. The van der Waals surface area contributed by atoms with Crippen LogP contribution in [0.25, 0.3) is 0 Å². The highest BCUT2D eigenvalue weighted by atomic mass is 16.4. The van der Waals surface area contributed by atoms with Crippen LogP contribution in [0.1, 0.15) is 45.6 Å². The van der Waals surface area contributed by atoms with Gasteiger partial charge < -0.3 is 32.1 Å². The van der Waals surface area contributed by atoms with E-state index in [1.54, 1.807) is 36.2 Å². The summed E-state index contributed by atoms with van der Waals surface area (Å²) in [7, 11) is 1.73. The fourth-order valence-electron chi connectivity index (χ4n) is 4.00. The Morgan fingerprint density at radius 1 is 0.973 bits per heavy atom. The molecule has 3 rings (SSSR count). The van der Waals surface area contributed by atoms with Crippen molar-refractivity contribution in [1.29, 1.82) is 0 Å². The molecule has 194 valence electrons. The number of primary amides is 1. The number of carbonyl (C=O) groups excluding carboxylic acids is 2. The molecule has 9 nitrogen and oxygen atoms in total. The predicted molar refractivity (Wildman–Crippen MR) is 144 cm³/mol. The van der Waals surface area contributed by atoms with Crippen molar-refractivity contribution in [3.8, 4) is 0 Å². The van der Waals surface area contributed by atoms with E-state index >= 15 is 0 Å². The van der Waals surface area contributed by atoms with Crippen molar-refractivity contribution in [3.05, 3.63) is 94.5 Å². The van der Waals surface area contributed by atoms with Gasteiger partial charge in [0.2, 0.25) is 5.91 Å². The van der Waals surface area contributed by atoms with Crippen LogP contribution in [0, 0.1) is 0 Å². The molecule has 9 heteroatoms. The van der Waals surface area contributed by atoms with Crippen molar-refractivity contribution in [2.75, 3.05) is 24.2 Å². The van der Waals surface area contributed by atoms with Gasteiger partial charge in [-0.15, -0.1) is 0 Å². The van der Waals surface area contributed by atoms with E-state index in [4.69, 9.17) is 11.5 Å². The SMILES string of the molecule is CCc1cc(C(Nc2cccc(C(N)=O)c2)C(=O)O)ccc1CCN(C)C(=O)Nc1cccc(CN)c1. The zero-order chi connectivity index (χ0) is 26.9. The van der Waals surface area contributed by atoms with E-state index < -0.39 is 17.9 Å². The normalized spacial score (nSPS) is 11.4. The van der Waals surface area contributed by atoms with E-state index in [0.29, 0.717) is 48.4 Å². The number of likely N-dealkylation sites (N-methyl/N-ethyl adjacent to an activating group) is 1. The summed E-state index contributed by atoms with van der Waals surface area (Å²) in [4.78, 5) is 37.8. The Balaban J connectivity index is 1.69. The number of hydrogen-bond acceptors (Lipinski definition) is 5. The molecule has 7 N–H and O–H groups in total. The zero-order valence-corrected chi connectivity index (χ0v) is 21.0. The van der Waals surface area contributed by atoms with Gasteiger partial charge in [0.15, 0.2) is 6.04 Å². The lowest BCUT2D eigenvalue weighted by Crippen LogP contribution is -2.33. The van der Waals surface area contributed by atoms with Crippen LogP contribution in [0.3, 0.4) is 0 Å². The second kappa shape index (κ2) is 12.5. The summed E-state index contributed by atoms with van der Waals surface area (Å²) in [6.45, 7) is 2.88. The minimum atomic E-state index is -1.05. The molecule has 0 radical (unpaired) electrons. The molecule has 3 aromatic carbocycles. The monoisotopic (exact) mass is 503 g/mol. The largest absolute Gasteiger partial charge is 0.479 e. The Kier molecular flexibility index (Phi) is 9.23. The number of urea groups is 1. The number of aliphatic carboxylic acids is 1. The van der Waals surface area contributed by atoms with Gasteiger partial charge in [-0.05, 0) is 65.4 Å². The number of carboxylic acids is 1. The first-order chi connectivity index (χ1) is 17.7. The number of carbonyl (C=O) groups is 3. The molecule has 0 aromatic heterocycles. The Labute approximate surface area is 216 Å². The van der Waals surface area contributed by atoms with E-state index in [0.717, 1.165) is 16.7 Å². The van der Waals surface area contributed by atoms with E-state index in [1.165, 1.54) is 6.07 Å². The predicted octanol–water partition coefficient (Wildman–Crippen LogP) is 3.75. The maximum Gasteiger partial charge on any atom is 0.330 e. The van der Waals surface area contributed by atoms with Crippen molar-refractivity contribution < 1.29 is 19.5 Å². The third kappa shape index (κ3) is 7.31. The van der Waals surface area contributed by atoms with Gasteiger partial charge in [0.25, 0.3) is 0 Å². The van der Waals surface area contributed by atoms with Crippen LogP contribution in [0.4, 0.5) is 16.2 Å². The lowest BCUT2D eigenvalue weighted by atomic mass is 9.96. The number of carboxylic acid groups (broad SMARTS) is 1. The highest BCUT2D eigenvalue weighted by molar-refractivity contribution is 5.94. The van der Waals surface area contributed by atoms with Crippen LogP contribution in [0.5, 0.6) is 0 Å². The Hall–Kier alpha value is -4.37. The minimum absolute atomic E-state index is 0.225. The number of amides is 3. The summed E-state index contributed by atoms with van der Waals surface area (Å²) in [6.07, 6.45) is 1.32. The lowest BCUT2D eigenvalue weighted by molar-refractivity contribution is -0.138. The summed E-state index contributed by atoms with van der Waals surface area (Å²) in [5, 5.41) is 15.7. The van der Waals surface area contributed by atoms with Crippen LogP contribution >= 0.6 is 0 Å². The number of nitrogens with one attached hydrogen (secondary N) is 2. The van der Waals surface area contributed by atoms with Crippen LogP contribution in [0.15, 0.2) is 66.7 Å². The summed E-state index contributed by atoms with van der Waals surface area (Å²) < 4.78 is 0. The molecule has 37 heavy (non-hydrogen) atoms. The standard InChI is InChI=1S/C28H33N5O4/c1-3-19-15-21(25(27(35)36)31-24-9-5-7-22(16-24)26(30)34)11-10-20(19)12-13-33(2)28(37)32-23-8-4-6-18(14-23)17-29/h4-11,14-16,25,31H,3,12-13,17,29H2,1-2H3,(H2,30,34)(H,32,37)(H,35,36). The molecule has 0 aliphatic carbocycles. The van der Waals surface area contributed by atoms with E-state index in [9.17, 15) is 19.5 Å². The first kappa shape index (κ1) is 27.2. The molecule has 0 saturated carbocycles. The van der Waals surface area contributed by atoms with Crippen molar-refractivity contribution in [3.63, 3.8) is 0 Å². The zero-order valence-electron chi connectivity index (χ0n) is 21.0. The van der Waals surface area contributed by atoms with Gasteiger partial charge in [-0.1, -0.05) is 43.3 Å². The number of anilines is 2. The molecule has 0 fully saturated rings. The van der Waals surface area contributed by atoms with Gasteiger partial charge >= 0.3 is 12.0 Å². The Bertz CT molecular complexity index is 1280. The van der Waals surface area contributed by atoms with Crippen molar-refractivity contribution in [2.45, 2.75) is 32.4 Å². The molecular formula is C28H33N5O4. The van der Waals surface area contributed by atoms with Crippen molar-refractivity contribution in [2.24, 2.45) is 11.5 Å². The average molecular weight is 504 g/mol. The van der Waals surface area contributed by atoms with Crippen molar-refractivity contribution in [1.82, 2.24) is 4.90 Å². The Morgan fingerprint density at radius 2 is 1.70 bits per heavy atom. The molecule has 0 spiro atoms. The quantitative estimate of drug-likeness (QED) is 0.269. The second-order valence-electron chi connectivity index (χ2n) is 8.75. The molecule has 1 atom stereocenters. The van der Waals surface area contributed by atoms with Gasteiger partial charge in [0, 0.05) is 37.1 Å². The third-order valence-electron chi connectivity index (χ3n) is 6.13. The summed E-state index contributed by atoms with van der Waals surface area (Å²) >= 11 is 0. The topological polar surface area (TPSA) is 151 Å². The van der Waals surface area contributed by atoms with Gasteiger partial charge in [0.1, 0.15) is 0 Å². The smallest absolute Gasteiger partial charge is 0.330 e. The van der Waals surface area contributed by atoms with E-state index in [-0.39, 0.29) is 6.03 Å². The first-order valence-electron chi connectivity index (χ1n) is 12.0. The van der Waals surface area contributed by atoms with Gasteiger partial charge in [-0.25, -0.2) is 9.59 Å². The summed E-state index contributed by atoms with van der Waals surface area (Å²) in [5.74, 6) is -1.63. The summed E-state index contributed by atoms with van der Waals surface area (Å²) in [5.41, 5.74) is 16.0. The lowest BCUT2D eigenvalue weighted by Gasteiger charge is -2.21. The Morgan fingerprint density at radius 3 is 2.38 bits per heavy atom. The maximum atomic E-state index is 12.6. The number of nitrogens with zero attached hydrogens (tertiary/aromatic N) is 1. The molecule has 0 bridgehead atoms. The number of nitrogens with two attached hydrogens (primary N) is 2. The maximum absolute atomic E-state index is 12.6. The molecule has 3 amide bonds. The fraction of sp³-hybridized carbons (Fsp3) is 0.250. The summed E-state index contributed by atoms with van der Waals surface area (Å²) in [6, 6.07) is 18.1. The molecule has 3 aromatic rings. The highest BCUT2D eigenvalue weighted by Gasteiger charge is 2.21. The van der Waals surface area contributed by atoms with Crippen LogP contribution in [0.2, 0.25) is 0 Å². The number of hydrogen-bond donors (Lipinski definition) is 5. The highest BCUT2D eigenvalue weighted by Crippen LogP contribution is 2.24. The molecule has 0 aliphatic rings. The minimum Gasteiger partial charge on any atom is -0.479 e. The van der Waals surface area contributed by atoms with Crippen molar-refractivity contribution >= 4 is 29.3 Å². The molecular weight excluding hydrogens is 470 g/mol. The first-order valence-corrected chi connectivity index (χ1v) is 12.0. The molecule has 0 heterocycles. The number of benzene rings is 3. The number of aryl methyl sites for hydroxylation is 1. The van der Waals surface area contributed by atoms with Gasteiger partial charge in [-0.2, -0.15) is 0 Å². The van der Waals surface area contributed by atoms with Crippen LogP contribution in [-0.4, -0.2) is 41.5 Å². The third-order valence-corrected chi connectivity index (χ3v) is 6.13. The van der Waals surface area contributed by atoms with E-state index in [1.807, 2.05) is 43.3 Å². The second-order valence-corrected chi connectivity index (χ2v) is 8.75. The fourth-order valence-corrected chi connectivity index (χ4v) is 4.00. The number of rotatable bonds is 11. The molecule has 1 unspecified atom stereocenters. The van der Waals surface area contributed by atoms with Gasteiger partial charge in [0.05, 0.1) is 0 Å².